The van der Waals surface area contributed by atoms with Gasteiger partial charge < -0.3 is 4.74 Å². The van der Waals surface area contributed by atoms with Crippen LogP contribution in [0.15, 0.2) is 53.4 Å². The second kappa shape index (κ2) is 8.52. The highest BCUT2D eigenvalue weighted by Gasteiger charge is 2.39. The highest BCUT2D eigenvalue weighted by Crippen LogP contribution is 2.37. The van der Waals surface area contributed by atoms with Gasteiger partial charge in [-0.3, -0.25) is 25.2 Å². The second-order valence-corrected chi connectivity index (χ2v) is 8.53. The highest BCUT2D eigenvalue weighted by atomic mass is 32.2. The van der Waals surface area contributed by atoms with Crippen molar-refractivity contribution < 1.29 is 22.7 Å². The number of carbonyl (C=O) groups excluding carboxylic acids is 2. The monoisotopic (exact) mass is 417 g/mol. The summed E-state index contributed by atoms with van der Waals surface area (Å²) in [5.41, 5.74) is 5.36. The zero-order valence-corrected chi connectivity index (χ0v) is 17.0. The van der Waals surface area contributed by atoms with Gasteiger partial charge in [-0.15, -0.1) is 0 Å². The summed E-state index contributed by atoms with van der Waals surface area (Å²) in [5, 5.41) is 0. The maximum absolute atomic E-state index is 12.5. The van der Waals surface area contributed by atoms with Crippen LogP contribution in [0.3, 0.4) is 0 Å². The van der Waals surface area contributed by atoms with Gasteiger partial charge in [0.1, 0.15) is 5.75 Å². The van der Waals surface area contributed by atoms with Crippen molar-refractivity contribution >= 4 is 27.5 Å². The lowest BCUT2D eigenvalue weighted by Crippen LogP contribution is -2.42. The normalized spacial score (nSPS) is 17.9. The molecule has 1 saturated carbocycles. The van der Waals surface area contributed by atoms with Crippen LogP contribution in [0.4, 0.5) is 5.69 Å². The van der Waals surface area contributed by atoms with Crippen LogP contribution in [0.2, 0.25) is 0 Å². The Morgan fingerprint density at radius 2 is 1.66 bits per heavy atom. The average Bonchev–Trinajstić information content (AvgIpc) is 3.43. The molecule has 0 spiro atoms. The molecule has 3 rings (SSSR count). The van der Waals surface area contributed by atoms with Crippen molar-refractivity contribution in [3.05, 3.63) is 54.1 Å². The Hall–Kier alpha value is -3.07. The Morgan fingerprint density at radius 3 is 2.21 bits per heavy atom. The van der Waals surface area contributed by atoms with E-state index in [-0.39, 0.29) is 22.3 Å². The number of hydrogen-bond donors (Lipinski definition) is 3. The predicted octanol–water partition coefficient (Wildman–Crippen LogP) is 2.30. The lowest BCUT2D eigenvalue weighted by atomic mass is 10.2. The van der Waals surface area contributed by atoms with Crippen molar-refractivity contribution in [3.8, 4) is 5.75 Å². The Balaban J connectivity index is 1.59. The Morgan fingerprint density at radius 1 is 1.03 bits per heavy atom. The fourth-order valence-electron chi connectivity index (χ4n) is 2.76. The Bertz CT molecular complexity index is 988. The first-order valence-corrected chi connectivity index (χ1v) is 10.7. The van der Waals surface area contributed by atoms with Crippen LogP contribution >= 0.6 is 0 Å². The molecule has 0 aromatic heterocycles. The number of carbonyl (C=O) groups is 2. The third-order valence-corrected chi connectivity index (χ3v) is 5.99. The summed E-state index contributed by atoms with van der Waals surface area (Å²) < 4.78 is 32.7. The number of rotatable bonds is 7. The fraction of sp³-hybridized carbons (Fsp3) is 0.300. The van der Waals surface area contributed by atoms with E-state index in [0.717, 1.165) is 6.42 Å². The summed E-state index contributed by atoms with van der Waals surface area (Å²) in [7, 11) is -3.77. The van der Waals surface area contributed by atoms with Crippen molar-refractivity contribution in [1.29, 1.82) is 0 Å². The molecule has 9 heteroatoms. The lowest BCUT2D eigenvalue weighted by Gasteiger charge is -2.10. The number of sulfonamides is 1. The minimum atomic E-state index is -3.77. The van der Waals surface area contributed by atoms with E-state index in [0.29, 0.717) is 24.0 Å². The first-order valence-electron chi connectivity index (χ1n) is 9.26. The Labute approximate surface area is 169 Å². The van der Waals surface area contributed by atoms with Gasteiger partial charge in [-0.1, -0.05) is 6.92 Å². The van der Waals surface area contributed by atoms with Crippen LogP contribution in [-0.4, -0.2) is 26.8 Å². The summed E-state index contributed by atoms with van der Waals surface area (Å²) in [6.45, 7) is 4.31. The van der Waals surface area contributed by atoms with Gasteiger partial charge in [-0.25, -0.2) is 8.42 Å². The molecule has 1 aliphatic rings. The first-order chi connectivity index (χ1) is 13.8. The van der Waals surface area contributed by atoms with Gasteiger partial charge in [0, 0.05) is 17.2 Å². The number of amides is 2. The quantitative estimate of drug-likeness (QED) is 0.598. The number of hydrazine groups is 1. The van der Waals surface area contributed by atoms with Crippen molar-refractivity contribution in [2.45, 2.75) is 25.2 Å². The van der Waals surface area contributed by atoms with Crippen LogP contribution in [0.5, 0.6) is 5.75 Å². The van der Waals surface area contributed by atoms with Gasteiger partial charge >= 0.3 is 0 Å². The molecule has 2 amide bonds. The molecular formula is C20H23N3O5S. The smallest absolute Gasteiger partial charge is 0.269 e. The van der Waals surface area contributed by atoms with E-state index in [1.807, 2.05) is 13.8 Å². The minimum Gasteiger partial charge on any atom is -0.494 e. The molecule has 0 heterocycles. The van der Waals surface area contributed by atoms with E-state index in [2.05, 4.69) is 15.6 Å². The standard InChI is InChI=1S/C20H23N3O5S/c1-3-28-16-8-10-17(11-9-16)29(26,27)23-15-6-4-14(5-7-15)19(24)21-22-20(25)18-12-13(18)2/h4-11,13,18,23H,3,12H2,1-2H3,(H,21,24)(H,22,25). The van der Waals surface area contributed by atoms with Gasteiger partial charge in [0.15, 0.2) is 0 Å². The van der Waals surface area contributed by atoms with Gasteiger partial charge in [-0.2, -0.15) is 0 Å². The van der Waals surface area contributed by atoms with Gasteiger partial charge in [0.05, 0.1) is 11.5 Å². The molecule has 0 aliphatic heterocycles. The second-order valence-electron chi connectivity index (χ2n) is 6.85. The molecule has 1 fully saturated rings. The number of ether oxygens (including phenoxy) is 1. The molecule has 2 atom stereocenters. The summed E-state index contributed by atoms with van der Waals surface area (Å²) in [6.07, 6.45) is 0.824. The van der Waals surface area contributed by atoms with E-state index in [4.69, 9.17) is 4.74 Å². The van der Waals surface area contributed by atoms with Crippen LogP contribution in [0.25, 0.3) is 0 Å². The van der Waals surface area contributed by atoms with Crippen LogP contribution in [0.1, 0.15) is 30.6 Å². The molecule has 0 saturated heterocycles. The topological polar surface area (TPSA) is 114 Å². The molecule has 0 radical (unpaired) electrons. The SMILES string of the molecule is CCOc1ccc(S(=O)(=O)Nc2ccc(C(=O)NNC(=O)C3CC3C)cc2)cc1. The molecule has 2 aromatic rings. The van der Waals surface area contributed by atoms with Crippen molar-refractivity contribution in [1.82, 2.24) is 10.9 Å². The maximum Gasteiger partial charge on any atom is 0.269 e. The van der Waals surface area contributed by atoms with E-state index in [1.54, 1.807) is 12.1 Å². The molecule has 0 bridgehead atoms. The van der Waals surface area contributed by atoms with Gasteiger partial charge in [0.25, 0.3) is 15.9 Å². The van der Waals surface area contributed by atoms with Gasteiger partial charge in [0.2, 0.25) is 5.91 Å². The van der Waals surface area contributed by atoms with Crippen LogP contribution in [0, 0.1) is 11.8 Å². The lowest BCUT2D eigenvalue weighted by molar-refractivity contribution is -0.123. The largest absolute Gasteiger partial charge is 0.494 e. The molecule has 154 valence electrons. The van der Waals surface area contributed by atoms with Crippen LogP contribution < -0.4 is 20.3 Å². The van der Waals surface area contributed by atoms with Crippen molar-refractivity contribution in [2.75, 3.05) is 11.3 Å². The van der Waals surface area contributed by atoms with E-state index >= 15 is 0 Å². The minimum absolute atomic E-state index is 0.0466. The summed E-state index contributed by atoms with van der Waals surface area (Å²) >= 11 is 0. The van der Waals surface area contributed by atoms with Crippen molar-refractivity contribution in [2.24, 2.45) is 11.8 Å². The molecule has 3 N–H and O–H groups in total. The zero-order chi connectivity index (χ0) is 21.0. The van der Waals surface area contributed by atoms with Gasteiger partial charge in [-0.05, 0) is 67.8 Å². The molecule has 29 heavy (non-hydrogen) atoms. The summed E-state index contributed by atoms with van der Waals surface area (Å²) in [4.78, 5) is 23.9. The van der Waals surface area contributed by atoms with Crippen molar-refractivity contribution in [3.63, 3.8) is 0 Å². The number of benzene rings is 2. The molecule has 8 nitrogen and oxygen atoms in total. The summed E-state index contributed by atoms with van der Waals surface area (Å²) in [6, 6.07) is 12.0. The number of hydrogen-bond acceptors (Lipinski definition) is 5. The molecular weight excluding hydrogens is 394 g/mol. The zero-order valence-electron chi connectivity index (χ0n) is 16.1. The number of nitrogens with one attached hydrogen (secondary N) is 3. The Kier molecular flexibility index (Phi) is 6.07. The van der Waals surface area contributed by atoms with E-state index in [1.165, 1.54) is 36.4 Å². The molecule has 2 aromatic carbocycles. The fourth-order valence-corrected chi connectivity index (χ4v) is 3.81. The first kappa shape index (κ1) is 20.7. The third-order valence-electron chi connectivity index (χ3n) is 4.59. The highest BCUT2D eigenvalue weighted by molar-refractivity contribution is 7.92. The van der Waals surface area contributed by atoms with E-state index in [9.17, 15) is 18.0 Å². The maximum atomic E-state index is 12.5. The summed E-state index contributed by atoms with van der Waals surface area (Å²) in [5.74, 6) is 0.201. The van der Waals surface area contributed by atoms with Crippen LogP contribution in [-0.2, 0) is 14.8 Å². The molecule has 1 aliphatic carbocycles. The number of anilines is 1. The third kappa shape index (κ3) is 5.26. The predicted molar refractivity (Wildman–Crippen MR) is 108 cm³/mol. The molecule has 2 unspecified atom stereocenters. The van der Waals surface area contributed by atoms with E-state index < -0.39 is 15.9 Å². The average molecular weight is 417 g/mol.